The number of aromatic nitrogens is 1. The van der Waals surface area contributed by atoms with E-state index >= 15 is 0 Å². The van der Waals surface area contributed by atoms with Gasteiger partial charge in [0.2, 0.25) is 0 Å². The molecule has 0 bridgehead atoms. The lowest BCUT2D eigenvalue weighted by molar-refractivity contribution is -0.0133. The van der Waals surface area contributed by atoms with Crippen molar-refractivity contribution < 1.29 is 9.84 Å². The van der Waals surface area contributed by atoms with E-state index in [1.807, 2.05) is 20.0 Å². The van der Waals surface area contributed by atoms with Gasteiger partial charge in [0.15, 0.2) is 0 Å². The normalized spacial score (nSPS) is 27.3. The minimum Gasteiger partial charge on any atom is -0.496 e. The number of methoxy groups -OCH3 is 1. The van der Waals surface area contributed by atoms with Crippen molar-refractivity contribution >= 4 is 0 Å². The molecular formula is C16H25NO2. The number of aryl methyl sites for hydroxylation is 1. The van der Waals surface area contributed by atoms with Gasteiger partial charge in [-0.2, -0.15) is 0 Å². The molecule has 1 fully saturated rings. The molecule has 1 aliphatic carbocycles. The van der Waals surface area contributed by atoms with Crippen molar-refractivity contribution in [1.29, 1.82) is 0 Å². The summed E-state index contributed by atoms with van der Waals surface area (Å²) in [6.45, 7) is 6.25. The number of ether oxygens (including phenoxy) is 1. The second-order valence-corrected chi connectivity index (χ2v) is 6.15. The quantitative estimate of drug-likeness (QED) is 0.910. The molecule has 1 heterocycles. The lowest BCUT2D eigenvalue weighted by Gasteiger charge is -2.35. The van der Waals surface area contributed by atoms with Crippen LogP contribution in [0.15, 0.2) is 6.20 Å². The van der Waals surface area contributed by atoms with Gasteiger partial charge in [-0.1, -0.05) is 19.8 Å². The summed E-state index contributed by atoms with van der Waals surface area (Å²) in [7, 11) is 1.69. The third-order valence-electron chi connectivity index (χ3n) is 4.31. The van der Waals surface area contributed by atoms with Crippen molar-refractivity contribution in [2.24, 2.45) is 5.92 Å². The van der Waals surface area contributed by atoms with Gasteiger partial charge in [0.05, 0.1) is 12.7 Å². The minimum absolute atomic E-state index is 0.588. The zero-order chi connectivity index (χ0) is 14.0. The molecule has 1 aromatic heterocycles. The largest absolute Gasteiger partial charge is 0.496 e. The first-order valence-corrected chi connectivity index (χ1v) is 7.16. The summed E-state index contributed by atoms with van der Waals surface area (Å²) in [5, 5.41) is 10.8. The first-order valence-electron chi connectivity index (χ1n) is 7.16. The zero-order valence-corrected chi connectivity index (χ0v) is 12.5. The second kappa shape index (κ2) is 5.49. The molecule has 2 atom stereocenters. The molecule has 1 aliphatic rings. The molecule has 2 unspecified atom stereocenters. The van der Waals surface area contributed by atoms with Gasteiger partial charge in [-0.25, -0.2) is 0 Å². The Bertz CT molecular complexity index is 458. The molecule has 0 spiro atoms. The number of hydrogen-bond donors (Lipinski definition) is 1. The van der Waals surface area contributed by atoms with Crippen molar-refractivity contribution in [3.63, 3.8) is 0 Å². The van der Waals surface area contributed by atoms with Crippen LogP contribution in [-0.4, -0.2) is 22.8 Å². The lowest BCUT2D eigenvalue weighted by Crippen LogP contribution is -2.37. The molecule has 19 heavy (non-hydrogen) atoms. The van der Waals surface area contributed by atoms with E-state index in [0.717, 1.165) is 41.8 Å². The average Bonchev–Trinajstić information content (AvgIpc) is 2.33. The van der Waals surface area contributed by atoms with Gasteiger partial charge in [-0.05, 0) is 32.6 Å². The average molecular weight is 263 g/mol. The number of rotatable bonds is 3. The highest BCUT2D eigenvalue weighted by molar-refractivity contribution is 5.41. The van der Waals surface area contributed by atoms with Crippen LogP contribution in [0.2, 0.25) is 0 Å². The first kappa shape index (κ1) is 14.3. The van der Waals surface area contributed by atoms with E-state index in [1.54, 1.807) is 7.11 Å². The van der Waals surface area contributed by atoms with Gasteiger partial charge < -0.3 is 9.84 Å². The summed E-state index contributed by atoms with van der Waals surface area (Å²) in [6.07, 6.45) is 6.58. The molecule has 0 aliphatic heterocycles. The van der Waals surface area contributed by atoms with Crippen molar-refractivity contribution in [3.8, 4) is 5.75 Å². The molecule has 1 N–H and O–H groups in total. The summed E-state index contributed by atoms with van der Waals surface area (Å²) < 4.78 is 5.44. The predicted molar refractivity (Wildman–Crippen MR) is 76.5 cm³/mol. The van der Waals surface area contributed by atoms with Crippen molar-refractivity contribution in [3.05, 3.63) is 23.0 Å². The Morgan fingerprint density at radius 2 is 2.21 bits per heavy atom. The van der Waals surface area contributed by atoms with Gasteiger partial charge >= 0.3 is 0 Å². The molecule has 3 nitrogen and oxygen atoms in total. The third-order valence-corrected chi connectivity index (χ3v) is 4.31. The molecule has 2 rings (SSSR count). The van der Waals surface area contributed by atoms with E-state index in [1.165, 1.54) is 6.42 Å². The third kappa shape index (κ3) is 3.08. The molecule has 0 radical (unpaired) electrons. The summed E-state index contributed by atoms with van der Waals surface area (Å²) in [6, 6.07) is 0. The Balaban J connectivity index is 2.23. The minimum atomic E-state index is -0.588. The summed E-state index contributed by atoms with van der Waals surface area (Å²) >= 11 is 0. The Labute approximate surface area is 116 Å². The maximum atomic E-state index is 10.8. The number of nitrogens with zero attached hydrogens (tertiary/aromatic N) is 1. The smallest absolute Gasteiger partial charge is 0.128 e. The molecule has 0 aromatic carbocycles. The van der Waals surface area contributed by atoms with Crippen molar-refractivity contribution in [2.45, 2.75) is 58.5 Å². The Morgan fingerprint density at radius 1 is 1.47 bits per heavy atom. The molecule has 3 heteroatoms. The van der Waals surface area contributed by atoms with Crippen LogP contribution < -0.4 is 4.74 Å². The van der Waals surface area contributed by atoms with Gasteiger partial charge in [-0.15, -0.1) is 0 Å². The maximum absolute atomic E-state index is 10.8. The van der Waals surface area contributed by atoms with Gasteiger partial charge in [0.25, 0.3) is 0 Å². The van der Waals surface area contributed by atoms with Crippen LogP contribution in [0.4, 0.5) is 0 Å². The van der Waals surface area contributed by atoms with E-state index in [2.05, 4.69) is 11.9 Å². The zero-order valence-electron chi connectivity index (χ0n) is 12.5. The van der Waals surface area contributed by atoms with E-state index in [9.17, 15) is 5.11 Å². The number of aliphatic hydroxyl groups is 1. The van der Waals surface area contributed by atoms with Gasteiger partial charge in [0, 0.05) is 29.4 Å². The summed E-state index contributed by atoms with van der Waals surface area (Å²) in [5.41, 5.74) is 2.50. The first-order chi connectivity index (χ1) is 8.95. The van der Waals surface area contributed by atoms with Crippen LogP contribution in [0.5, 0.6) is 5.75 Å². The number of pyridine rings is 1. The Hall–Kier alpha value is -1.09. The molecular weight excluding hydrogens is 238 g/mol. The standard InChI is InChI=1S/C16H25NO2/c1-11-6-5-7-16(18,8-11)9-14-13(3)15(19-4)12(2)10-17-14/h10-11,18H,5-9H2,1-4H3. The van der Waals surface area contributed by atoms with Crippen molar-refractivity contribution in [1.82, 2.24) is 4.98 Å². The highest BCUT2D eigenvalue weighted by atomic mass is 16.5. The van der Waals surface area contributed by atoms with E-state index in [4.69, 9.17) is 4.74 Å². The van der Waals surface area contributed by atoms with Crippen LogP contribution in [0.1, 0.15) is 49.4 Å². The Kier molecular flexibility index (Phi) is 4.14. The molecule has 0 amide bonds. The Morgan fingerprint density at radius 3 is 2.84 bits per heavy atom. The van der Waals surface area contributed by atoms with Crippen LogP contribution >= 0.6 is 0 Å². The topological polar surface area (TPSA) is 42.4 Å². The predicted octanol–water partition coefficient (Wildman–Crippen LogP) is 3.19. The van der Waals surface area contributed by atoms with Crippen molar-refractivity contribution in [2.75, 3.05) is 7.11 Å². The maximum Gasteiger partial charge on any atom is 0.128 e. The summed E-state index contributed by atoms with van der Waals surface area (Å²) in [4.78, 5) is 4.51. The monoisotopic (exact) mass is 263 g/mol. The van der Waals surface area contributed by atoms with E-state index in [0.29, 0.717) is 12.3 Å². The van der Waals surface area contributed by atoms with Gasteiger partial charge in [0.1, 0.15) is 5.75 Å². The fourth-order valence-corrected chi connectivity index (χ4v) is 3.35. The molecule has 1 aromatic rings. The molecule has 106 valence electrons. The molecule has 0 saturated heterocycles. The van der Waals surface area contributed by atoms with Crippen LogP contribution in [0, 0.1) is 19.8 Å². The highest BCUT2D eigenvalue weighted by Crippen LogP contribution is 2.36. The highest BCUT2D eigenvalue weighted by Gasteiger charge is 2.33. The van der Waals surface area contributed by atoms with E-state index in [-0.39, 0.29) is 0 Å². The SMILES string of the molecule is COc1c(C)cnc(CC2(O)CCCC(C)C2)c1C. The fraction of sp³-hybridized carbons (Fsp3) is 0.688. The summed E-state index contributed by atoms with van der Waals surface area (Å²) in [5.74, 6) is 1.50. The van der Waals surface area contributed by atoms with Crippen LogP contribution in [-0.2, 0) is 6.42 Å². The lowest BCUT2D eigenvalue weighted by atomic mass is 9.76. The van der Waals surface area contributed by atoms with Gasteiger partial charge in [-0.3, -0.25) is 4.98 Å². The van der Waals surface area contributed by atoms with Crippen LogP contribution in [0.3, 0.4) is 0 Å². The number of hydrogen-bond acceptors (Lipinski definition) is 3. The molecule has 1 saturated carbocycles. The van der Waals surface area contributed by atoms with E-state index < -0.39 is 5.60 Å². The second-order valence-electron chi connectivity index (χ2n) is 6.15. The van der Waals surface area contributed by atoms with Crippen LogP contribution in [0.25, 0.3) is 0 Å². The fourth-order valence-electron chi connectivity index (χ4n) is 3.35.